The lowest BCUT2D eigenvalue weighted by Gasteiger charge is -2.37. The second-order valence-electron chi connectivity index (χ2n) is 5.52. The molecule has 2 rings (SSSR count). The van der Waals surface area contributed by atoms with Gasteiger partial charge >= 0.3 is 0 Å². The molecule has 0 aliphatic carbocycles. The molecule has 2 unspecified atom stereocenters. The van der Waals surface area contributed by atoms with Gasteiger partial charge in [0.1, 0.15) is 0 Å². The Morgan fingerprint density at radius 2 is 2.11 bits per heavy atom. The summed E-state index contributed by atoms with van der Waals surface area (Å²) in [5, 5.41) is 4.58. The maximum Gasteiger partial charge on any atom is 0.0767 e. The molecule has 0 aromatic carbocycles. The maximum atomic E-state index is 4.58. The minimum absolute atomic E-state index is 0.672. The third kappa shape index (κ3) is 2.64. The highest BCUT2D eigenvalue weighted by Gasteiger charge is 2.26. The summed E-state index contributed by atoms with van der Waals surface area (Å²) in [6.07, 6.45) is 3.67. The number of hydrogen-bond donors (Lipinski definition) is 0. The highest BCUT2D eigenvalue weighted by Crippen LogP contribution is 2.28. The largest absolute Gasteiger partial charge is 0.295 e. The molecule has 0 spiro atoms. The molecule has 4 heteroatoms. The summed E-state index contributed by atoms with van der Waals surface area (Å²) in [6, 6.07) is 0.672. The number of nitrogens with zero attached hydrogens (tertiary/aromatic N) is 3. The molecule has 3 nitrogen and oxygen atoms in total. The first-order valence-corrected chi connectivity index (χ1v) is 7.78. The Morgan fingerprint density at radius 1 is 1.39 bits per heavy atom. The van der Waals surface area contributed by atoms with Crippen molar-refractivity contribution in [2.24, 2.45) is 13.0 Å². The van der Waals surface area contributed by atoms with E-state index < -0.39 is 0 Å². The lowest BCUT2D eigenvalue weighted by molar-refractivity contribution is 0.103. The Labute approximate surface area is 119 Å². The standard InChI is InChI=1S/C14H24BrN3/c1-5-12-14(15)13(17(4)16-12)9-18-8-6-7-10(2)11(18)3/h10-11H,5-9H2,1-4H3. The Balaban J connectivity index is 2.16. The van der Waals surface area contributed by atoms with E-state index >= 15 is 0 Å². The molecule has 0 saturated carbocycles. The van der Waals surface area contributed by atoms with Crippen LogP contribution in [0.5, 0.6) is 0 Å². The zero-order valence-electron chi connectivity index (χ0n) is 11.9. The fourth-order valence-corrected chi connectivity index (χ4v) is 3.57. The van der Waals surface area contributed by atoms with Crippen LogP contribution >= 0.6 is 15.9 Å². The summed E-state index contributed by atoms with van der Waals surface area (Å²) >= 11 is 3.71. The van der Waals surface area contributed by atoms with Gasteiger partial charge in [-0.05, 0) is 54.6 Å². The molecule has 1 aromatic rings. The third-order valence-electron chi connectivity index (χ3n) is 4.36. The van der Waals surface area contributed by atoms with Crippen molar-refractivity contribution in [2.75, 3.05) is 6.54 Å². The van der Waals surface area contributed by atoms with Gasteiger partial charge in [0.25, 0.3) is 0 Å². The average molecular weight is 314 g/mol. The summed E-state index contributed by atoms with van der Waals surface area (Å²) in [5.41, 5.74) is 2.48. The smallest absolute Gasteiger partial charge is 0.0767 e. The summed E-state index contributed by atoms with van der Waals surface area (Å²) in [6.45, 7) is 9.10. The van der Waals surface area contributed by atoms with E-state index in [9.17, 15) is 0 Å². The molecule has 0 amide bonds. The number of piperidine rings is 1. The Hall–Kier alpha value is -0.350. The van der Waals surface area contributed by atoms with Crippen molar-refractivity contribution in [1.29, 1.82) is 0 Å². The summed E-state index contributed by atoms with van der Waals surface area (Å²) in [4.78, 5) is 2.59. The normalized spacial score (nSPS) is 25.6. The minimum atomic E-state index is 0.672. The lowest BCUT2D eigenvalue weighted by atomic mass is 9.92. The predicted octanol–water partition coefficient (Wildman–Crippen LogP) is 3.37. The van der Waals surface area contributed by atoms with E-state index in [1.165, 1.54) is 35.2 Å². The van der Waals surface area contributed by atoms with Crippen molar-refractivity contribution in [3.05, 3.63) is 15.9 Å². The second-order valence-corrected chi connectivity index (χ2v) is 6.31. The number of rotatable bonds is 3. The molecule has 0 radical (unpaired) electrons. The van der Waals surface area contributed by atoms with Gasteiger partial charge in [0.15, 0.2) is 0 Å². The fourth-order valence-electron chi connectivity index (χ4n) is 2.83. The van der Waals surface area contributed by atoms with Crippen LogP contribution in [0, 0.1) is 5.92 Å². The molecule has 1 aliphatic rings. The van der Waals surface area contributed by atoms with Crippen LogP contribution < -0.4 is 0 Å². The van der Waals surface area contributed by atoms with Gasteiger partial charge in [0, 0.05) is 19.6 Å². The molecule has 2 heterocycles. The molecule has 0 bridgehead atoms. The lowest BCUT2D eigenvalue weighted by Crippen LogP contribution is -2.42. The number of hydrogen-bond acceptors (Lipinski definition) is 2. The van der Waals surface area contributed by atoms with E-state index in [2.05, 4.69) is 53.7 Å². The van der Waals surface area contributed by atoms with Crippen LogP contribution in [0.1, 0.15) is 45.0 Å². The molecule has 1 aromatic heterocycles. The van der Waals surface area contributed by atoms with E-state index in [-0.39, 0.29) is 0 Å². The van der Waals surface area contributed by atoms with Crippen LogP contribution in [0.25, 0.3) is 0 Å². The monoisotopic (exact) mass is 313 g/mol. The zero-order chi connectivity index (χ0) is 13.3. The fraction of sp³-hybridized carbons (Fsp3) is 0.786. The van der Waals surface area contributed by atoms with Crippen LogP contribution in [-0.2, 0) is 20.0 Å². The maximum absolute atomic E-state index is 4.58. The molecule has 1 aliphatic heterocycles. The van der Waals surface area contributed by atoms with E-state index in [4.69, 9.17) is 0 Å². The van der Waals surface area contributed by atoms with Gasteiger partial charge in [0.2, 0.25) is 0 Å². The first-order chi connectivity index (χ1) is 8.54. The van der Waals surface area contributed by atoms with Gasteiger partial charge in [0.05, 0.1) is 15.9 Å². The SMILES string of the molecule is CCc1nn(C)c(CN2CCCC(C)C2C)c1Br. The minimum Gasteiger partial charge on any atom is -0.295 e. The van der Waals surface area contributed by atoms with Crippen LogP contribution in [0.2, 0.25) is 0 Å². The first kappa shape index (κ1) is 14.1. The first-order valence-electron chi connectivity index (χ1n) is 6.98. The highest BCUT2D eigenvalue weighted by atomic mass is 79.9. The molecule has 102 valence electrons. The van der Waals surface area contributed by atoms with Crippen molar-refractivity contribution in [3.8, 4) is 0 Å². The number of aryl methyl sites for hydroxylation is 2. The van der Waals surface area contributed by atoms with E-state index in [0.29, 0.717) is 6.04 Å². The molecule has 1 saturated heterocycles. The molecular formula is C14H24BrN3. The van der Waals surface area contributed by atoms with Gasteiger partial charge in [-0.2, -0.15) is 5.10 Å². The summed E-state index contributed by atoms with van der Waals surface area (Å²) in [5.74, 6) is 0.802. The van der Waals surface area contributed by atoms with E-state index in [1.54, 1.807) is 0 Å². The van der Waals surface area contributed by atoms with Gasteiger partial charge in [-0.1, -0.05) is 13.8 Å². The summed E-state index contributed by atoms with van der Waals surface area (Å²) in [7, 11) is 2.05. The molecule has 18 heavy (non-hydrogen) atoms. The van der Waals surface area contributed by atoms with Crippen LogP contribution in [0.3, 0.4) is 0 Å². The zero-order valence-corrected chi connectivity index (χ0v) is 13.5. The van der Waals surface area contributed by atoms with Crippen molar-refractivity contribution in [3.63, 3.8) is 0 Å². The van der Waals surface area contributed by atoms with Crippen molar-refractivity contribution in [2.45, 2.75) is 52.6 Å². The van der Waals surface area contributed by atoms with Gasteiger partial charge in [-0.3, -0.25) is 9.58 Å². The van der Waals surface area contributed by atoms with Gasteiger partial charge in [-0.15, -0.1) is 0 Å². The Bertz CT molecular complexity index is 413. The molecule has 2 atom stereocenters. The topological polar surface area (TPSA) is 21.1 Å². The van der Waals surface area contributed by atoms with Gasteiger partial charge in [-0.25, -0.2) is 0 Å². The molecule has 1 fully saturated rings. The Kier molecular flexibility index (Phi) is 4.49. The van der Waals surface area contributed by atoms with Crippen molar-refractivity contribution in [1.82, 2.24) is 14.7 Å². The molecule has 0 N–H and O–H groups in total. The van der Waals surface area contributed by atoms with E-state index in [0.717, 1.165) is 18.9 Å². The number of aromatic nitrogens is 2. The second kappa shape index (κ2) is 5.74. The Morgan fingerprint density at radius 3 is 2.72 bits per heavy atom. The third-order valence-corrected chi connectivity index (χ3v) is 5.28. The molecular weight excluding hydrogens is 290 g/mol. The predicted molar refractivity (Wildman–Crippen MR) is 78.6 cm³/mol. The number of halogens is 1. The van der Waals surface area contributed by atoms with Crippen LogP contribution in [-0.4, -0.2) is 27.3 Å². The van der Waals surface area contributed by atoms with Crippen molar-refractivity contribution < 1.29 is 0 Å². The van der Waals surface area contributed by atoms with Crippen LogP contribution in [0.15, 0.2) is 4.47 Å². The highest BCUT2D eigenvalue weighted by molar-refractivity contribution is 9.10. The number of likely N-dealkylation sites (tertiary alicyclic amines) is 1. The summed E-state index contributed by atoms with van der Waals surface area (Å²) < 4.78 is 3.24. The quantitative estimate of drug-likeness (QED) is 0.853. The van der Waals surface area contributed by atoms with Crippen LogP contribution in [0.4, 0.5) is 0 Å². The van der Waals surface area contributed by atoms with Gasteiger partial charge < -0.3 is 0 Å². The van der Waals surface area contributed by atoms with E-state index in [1.807, 2.05) is 4.68 Å². The van der Waals surface area contributed by atoms with Crippen molar-refractivity contribution >= 4 is 15.9 Å². The average Bonchev–Trinajstić information content (AvgIpc) is 2.62.